The van der Waals surface area contributed by atoms with Crippen molar-refractivity contribution in [2.75, 3.05) is 0 Å². The third-order valence-electron chi connectivity index (χ3n) is 9.78. The topological polar surface area (TPSA) is 4.93 Å². The average Bonchev–Trinajstić information content (AvgIpc) is 3.58. The molecule has 0 N–H and O–H groups in total. The lowest BCUT2D eigenvalue weighted by Gasteiger charge is -2.24. The Morgan fingerprint density at radius 3 is 0.745 bits per heavy atom. The van der Waals surface area contributed by atoms with E-state index < -0.39 is 0 Å². The van der Waals surface area contributed by atoms with Crippen molar-refractivity contribution in [3.05, 3.63) is 212 Å². The predicted octanol–water partition coefficient (Wildman–Crippen LogP) is 13.6. The van der Waals surface area contributed by atoms with Crippen molar-refractivity contribution in [2.24, 2.45) is 0 Å². The number of benzene rings is 8. The molecule has 1 heteroatoms. The second-order valence-corrected chi connectivity index (χ2v) is 12.8. The molecule has 0 fully saturated rings. The summed E-state index contributed by atoms with van der Waals surface area (Å²) in [6, 6.07) is 76.6. The minimum atomic E-state index is 1.12. The van der Waals surface area contributed by atoms with Gasteiger partial charge in [0.25, 0.3) is 0 Å². The molecule has 8 aromatic carbocycles. The van der Waals surface area contributed by atoms with E-state index in [0.29, 0.717) is 0 Å². The van der Waals surface area contributed by atoms with E-state index in [-0.39, 0.29) is 0 Å². The summed E-state index contributed by atoms with van der Waals surface area (Å²) in [6.45, 7) is 0. The van der Waals surface area contributed by atoms with Crippen LogP contribution in [0.2, 0.25) is 0 Å². The van der Waals surface area contributed by atoms with Gasteiger partial charge in [0, 0.05) is 27.6 Å². The highest BCUT2D eigenvalue weighted by Crippen LogP contribution is 2.56. The van der Waals surface area contributed by atoms with Gasteiger partial charge < -0.3 is 4.57 Å². The van der Waals surface area contributed by atoms with Crippen LogP contribution in [0.1, 0.15) is 0 Å². The fourth-order valence-electron chi connectivity index (χ4n) is 7.71. The number of nitrogens with zero attached hydrogens (tertiary/aromatic N) is 1. The minimum Gasteiger partial charge on any atom is -0.308 e. The molecule has 0 unspecified atom stereocenters. The molecule has 0 spiro atoms. The van der Waals surface area contributed by atoms with Gasteiger partial charge in [-0.1, -0.05) is 200 Å². The summed E-state index contributed by atoms with van der Waals surface area (Å²) >= 11 is 0. The highest BCUT2D eigenvalue weighted by Gasteiger charge is 2.32. The smallest absolute Gasteiger partial charge is 0.0620 e. The Balaban J connectivity index is 1.67. The molecule has 0 bridgehead atoms. The largest absolute Gasteiger partial charge is 0.308 e. The van der Waals surface area contributed by atoms with Gasteiger partial charge in [-0.15, -0.1) is 0 Å². The lowest BCUT2D eigenvalue weighted by molar-refractivity contribution is 1.10. The van der Waals surface area contributed by atoms with Gasteiger partial charge in [0.05, 0.1) is 11.4 Å². The van der Waals surface area contributed by atoms with Crippen LogP contribution in [-0.4, -0.2) is 4.57 Å². The van der Waals surface area contributed by atoms with Gasteiger partial charge in [-0.3, -0.25) is 0 Å². The van der Waals surface area contributed by atoms with E-state index >= 15 is 0 Å². The quantitative estimate of drug-likeness (QED) is 0.162. The van der Waals surface area contributed by atoms with Gasteiger partial charge in [-0.2, -0.15) is 0 Å². The molecule has 51 heavy (non-hydrogen) atoms. The van der Waals surface area contributed by atoms with Crippen LogP contribution in [0.4, 0.5) is 0 Å². The maximum atomic E-state index is 2.51. The summed E-state index contributed by atoms with van der Waals surface area (Å²) < 4.78 is 2.51. The zero-order valence-corrected chi connectivity index (χ0v) is 28.2. The Morgan fingerprint density at radius 2 is 0.451 bits per heavy atom. The Hall–Kier alpha value is -6.70. The van der Waals surface area contributed by atoms with Crippen molar-refractivity contribution in [1.29, 1.82) is 0 Å². The monoisotopic (exact) mass is 649 g/mol. The van der Waals surface area contributed by atoms with Crippen LogP contribution >= 0.6 is 0 Å². The first-order chi connectivity index (χ1) is 25.4. The average molecular weight is 650 g/mol. The molecule has 9 rings (SSSR count). The van der Waals surface area contributed by atoms with Gasteiger partial charge >= 0.3 is 0 Å². The SMILES string of the molecule is c1ccc(-c2c(-c3ccccc3)c(-c3ccccc3)c3c(-c4ccccc4)n(-c4ccccc4)c(-c4ccccc4)c3c2-c2ccccc2)cc1. The van der Waals surface area contributed by atoms with E-state index in [1.54, 1.807) is 0 Å². The first-order valence-electron chi connectivity index (χ1n) is 17.5. The third-order valence-corrected chi connectivity index (χ3v) is 9.78. The first-order valence-corrected chi connectivity index (χ1v) is 17.5. The van der Waals surface area contributed by atoms with Crippen molar-refractivity contribution in [3.8, 4) is 72.7 Å². The van der Waals surface area contributed by atoms with Crippen LogP contribution in [0.5, 0.6) is 0 Å². The molecular formula is C50H35N. The van der Waals surface area contributed by atoms with Crippen LogP contribution in [0.15, 0.2) is 212 Å². The molecule has 1 heterocycles. The zero-order chi connectivity index (χ0) is 34.0. The molecule has 240 valence electrons. The highest BCUT2D eigenvalue weighted by atomic mass is 15.0. The van der Waals surface area contributed by atoms with Crippen LogP contribution in [0.25, 0.3) is 83.5 Å². The second-order valence-electron chi connectivity index (χ2n) is 12.8. The standard InChI is InChI=1S/C50H35N/c1-8-22-36(23-9-1)43-44(37-24-10-2-11-25-37)46(39-28-14-4-15-29-39)48-47(45(43)38-26-12-3-13-27-38)49(40-30-16-5-17-31-40)51(42-34-20-7-21-35-42)50(48)41-32-18-6-19-33-41/h1-35H. The van der Waals surface area contributed by atoms with Gasteiger partial charge in [-0.25, -0.2) is 0 Å². The Kier molecular flexibility index (Phi) is 7.92. The Labute approximate surface area is 299 Å². The summed E-state index contributed by atoms with van der Waals surface area (Å²) in [5.41, 5.74) is 15.4. The normalized spacial score (nSPS) is 11.1. The number of aromatic nitrogens is 1. The van der Waals surface area contributed by atoms with Crippen molar-refractivity contribution in [1.82, 2.24) is 4.57 Å². The summed E-state index contributed by atoms with van der Waals surface area (Å²) in [5, 5.41) is 2.46. The maximum Gasteiger partial charge on any atom is 0.0620 e. The number of hydrogen-bond donors (Lipinski definition) is 0. The Bertz CT molecular complexity index is 2390. The van der Waals surface area contributed by atoms with Gasteiger partial charge in [0.15, 0.2) is 0 Å². The number of fused-ring (bicyclic) bond motifs is 1. The summed E-state index contributed by atoms with van der Waals surface area (Å²) in [6.07, 6.45) is 0. The van der Waals surface area contributed by atoms with Crippen LogP contribution in [0.3, 0.4) is 0 Å². The van der Waals surface area contributed by atoms with E-state index in [4.69, 9.17) is 0 Å². The fourth-order valence-corrected chi connectivity index (χ4v) is 7.71. The molecule has 0 atom stereocenters. The molecule has 0 saturated heterocycles. The highest BCUT2D eigenvalue weighted by molar-refractivity contribution is 6.26. The van der Waals surface area contributed by atoms with Crippen LogP contribution in [-0.2, 0) is 0 Å². The molecule has 0 aliphatic carbocycles. The number of hydrogen-bond acceptors (Lipinski definition) is 0. The van der Waals surface area contributed by atoms with Crippen molar-refractivity contribution in [2.45, 2.75) is 0 Å². The lowest BCUT2D eigenvalue weighted by atomic mass is 9.78. The third kappa shape index (κ3) is 5.37. The first kappa shape index (κ1) is 30.4. The zero-order valence-electron chi connectivity index (χ0n) is 28.2. The molecule has 0 aliphatic heterocycles. The molecule has 0 aliphatic rings. The lowest BCUT2D eigenvalue weighted by Crippen LogP contribution is -1.99. The summed E-state index contributed by atoms with van der Waals surface area (Å²) in [7, 11) is 0. The van der Waals surface area contributed by atoms with Gasteiger partial charge in [-0.05, 0) is 56.6 Å². The minimum absolute atomic E-state index is 1.12. The molecule has 0 saturated carbocycles. The summed E-state index contributed by atoms with van der Waals surface area (Å²) in [5.74, 6) is 0. The molecule has 1 aromatic heterocycles. The molecule has 9 aromatic rings. The molecule has 0 amide bonds. The van der Waals surface area contributed by atoms with Gasteiger partial charge in [0.1, 0.15) is 0 Å². The predicted molar refractivity (Wildman–Crippen MR) is 216 cm³/mol. The van der Waals surface area contributed by atoms with Crippen molar-refractivity contribution in [3.63, 3.8) is 0 Å². The van der Waals surface area contributed by atoms with E-state index in [1.807, 2.05) is 0 Å². The van der Waals surface area contributed by atoms with E-state index in [9.17, 15) is 0 Å². The second kappa shape index (κ2) is 13.3. The van der Waals surface area contributed by atoms with E-state index in [0.717, 1.165) is 16.8 Å². The fraction of sp³-hybridized carbons (Fsp3) is 0. The molecular weight excluding hydrogens is 615 g/mol. The maximum absolute atomic E-state index is 2.51. The summed E-state index contributed by atoms with van der Waals surface area (Å²) in [4.78, 5) is 0. The molecule has 0 radical (unpaired) electrons. The van der Waals surface area contributed by atoms with Gasteiger partial charge in [0.2, 0.25) is 0 Å². The van der Waals surface area contributed by atoms with E-state index in [2.05, 4.69) is 217 Å². The van der Waals surface area contributed by atoms with Crippen LogP contribution < -0.4 is 0 Å². The van der Waals surface area contributed by atoms with Crippen LogP contribution in [0, 0.1) is 0 Å². The number of rotatable bonds is 7. The number of para-hydroxylation sites is 1. The Morgan fingerprint density at radius 1 is 0.216 bits per heavy atom. The van der Waals surface area contributed by atoms with Crippen molar-refractivity contribution < 1.29 is 0 Å². The van der Waals surface area contributed by atoms with Crippen molar-refractivity contribution >= 4 is 10.8 Å². The molecule has 1 nitrogen and oxygen atoms in total. The van der Waals surface area contributed by atoms with E-state index in [1.165, 1.54) is 66.7 Å².